The summed E-state index contributed by atoms with van der Waals surface area (Å²) in [5, 5.41) is 8.82. The van der Waals surface area contributed by atoms with E-state index in [2.05, 4.69) is 4.90 Å². The molecule has 2 fully saturated rings. The predicted octanol–water partition coefficient (Wildman–Crippen LogP) is 3.68. The smallest absolute Gasteiger partial charge is 0.150 e. The van der Waals surface area contributed by atoms with Crippen LogP contribution in [0.5, 0.6) is 0 Å². The second-order valence-corrected chi connectivity index (χ2v) is 6.59. The van der Waals surface area contributed by atoms with Gasteiger partial charge in [-0.25, -0.2) is 8.78 Å². The Balaban J connectivity index is 1.77. The van der Waals surface area contributed by atoms with Gasteiger partial charge in [-0.05, 0) is 50.9 Å². The normalized spacial score (nSPS) is 23.3. The predicted molar refractivity (Wildman–Crippen MR) is 86.3 cm³/mol. The first-order valence-corrected chi connectivity index (χ1v) is 8.57. The topological polar surface area (TPSA) is 30.3 Å². The molecule has 1 atom stereocenters. The van der Waals surface area contributed by atoms with Gasteiger partial charge < -0.3 is 4.90 Å². The minimum atomic E-state index is -0.627. The molecule has 0 amide bonds. The third-order valence-electron chi connectivity index (χ3n) is 5.02. The molecule has 0 spiro atoms. The minimum Gasteiger partial charge on any atom is -0.365 e. The third kappa shape index (κ3) is 3.64. The fraction of sp³-hybridized carbons (Fsp3) is 0.611. The summed E-state index contributed by atoms with van der Waals surface area (Å²) in [4.78, 5) is 4.32. The van der Waals surface area contributed by atoms with Gasteiger partial charge in [0.15, 0.2) is 11.6 Å². The maximum Gasteiger partial charge on any atom is 0.150 e. The van der Waals surface area contributed by atoms with Crippen LogP contribution in [-0.2, 0) is 0 Å². The highest BCUT2D eigenvalue weighted by molar-refractivity contribution is 5.53. The van der Waals surface area contributed by atoms with E-state index in [0.29, 0.717) is 19.1 Å². The lowest BCUT2D eigenvalue weighted by Crippen LogP contribution is -2.48. The number of hydrogen-bond acceptors (Lipinski definition) is 3. The van der Waals surface area contributed by atoms with Crippen LogP contribution < -0.4 is 4.90 Å². The molecule has 2 saturated heterocycles. The molecule has 23 heavy (non-hydrogen) atoms. The molecule has 2 aliphatic heterocycles. The molecule has 0 saturated carbocycles. The first-order valence-electron chi connectivity index (χ1n) is 8.57. The Morgan fingerprint density at radius 1 is 0.957 bits per heavy atom. The number of nitriles is 1. The second-order valence-electron chi connectivity index (χ2n) is 6.59. The Bertz CT molecular complexity index is 565. The van der Waals surface area contributed by atoms with Gasteiger partial charge >= 0.3 is 0 Å². The zero-order valence-corrected chi connectivity index (χ0v) is 13.4. The van der Waals surface area contributed by atoms with Gasteiger partial charge in [-0.15, -0.1) is 0 Å². The van der Waals surface area contributed by atoms with Gasteiger partial charge in [-0.1, -0.05) is 12.8 Å². The number of nitrogens with zero attached hydrogens (tertiary/aromatic N) is 3. The van der Waals surface area contributed by atoms with E-state index in [4.69, 9.17) is 5.26 Å². The van der Waals surface area contributed by atoms with E-state index in [9.17, 15) is 8.78 Å². The summed E-state index contributed by atoms with van der Waals surface area (Å²) in [7, 11) is 0. The van der Waals surface area contributed by atoms with E-state index in [1.165, 1.54) is 25.7 Å². The average molecular weight is 319 g/mol. The largest absolute Gasteiger partial charge is 0.365 e. The van der Waals surface area contributed by atoms with Crippen molar-refractivity contribution in [3.8, 4) is 6.07 Å². The molecule has 2 heterocycles. The summed E-state index contributed by atoms with van der Waals surface area (Å²) in [6.07, 6.45) is 7.04. The molecule has 1 unspecified atom stereocenters. The fourth-order valence-electron chi connectivity index (χ4n) is 3.85. The first kappa shape index (κ1) is 16.2. The van der Waals surface area contributed by atoms with Gasteiger partial charge in [0.25, 0.3) is 0 Å². The van der Waals surface area contributed by atoms with Crippen molar-refractivity contribution < 1.29 is 8.78 Å². The van der Waals surface area contributed by atoms with Crippen molar-refractivity contribution in [3.05, 3.63) is 29.3 Å². The summed E-state index contributed by atoms with van der Waals surface area (Å²) in [6, 6.07) is 4.44. The highest BCUT2D eigenvalue weighted by atomic mass is 19.1. The van der Waals surface area contributed by atoms with Gasteiger partial charge in [0, 0.05) is 19.1 Å². The Morgan fingerprint density at radius 2 is 1.61 bits per heavy atom. The van der Waals surface area contributed by atoms with Crippen LogP contribution in [0.2, 0.25) is 0 Å². The van der Waals surface area contributed by atoms with E-state index < -0.39 is 11.6 Å². The molecule has 0 aliphatic carbocycles. The summed E-state index contributed by atoms with van der Waals surface area (Å²) in [6.45, 7) is 3.53. The van der Waals surface area contributed by atoms with Crippen LogP contribution in [0.15, 0.2) is 12.1 Å². The fourth-order valence-corrected chi connectivity index (χ4v) is 3.85. The van der Waals surface area contributed by atoms with E-state index in [1.54, 1.807) is 6.07 Å². The van der Waals surface area contributed by atoms with Gasteiger partial charge in [0.05, 0.1) is 11.6 Å². The molecule has 2 aliphatic rings. The number of hydrogen-bond donors (Lipinski definition) is 0. The van der Waals surface area contributed by atoms with E-state index in [-0.39, 0.29) is 11.3 Å². The van der Waals surface area contributed by atoms with Gasteiger partial charge in [0.1, 0.15) is 5.69 Å². The molecule has 3 rings (SSSR count). The van der Waals surface area contributed by atoms with Gasteiger partial charge in [0.2, 0.25) is 0 Å². The molecule has 0 bridgehead atoms. The van der Waals surface area contributed by atoms with E-state index in [0.717, 1.165) is 38.1 Å². The number of rotatable bonds is 2. The van der Waals surface area contributed by atoms with Crippen molar-refractivity contribution >= 4 is 5.69 Å². The minimum absolute atomic E-state index is 0.0310. The lowest BCUT2D eigenvalue weighted by molar-refractivity contribution is 0.181. The van der Waals surface area contributed by atoms with Crippen LogP contribution in [0.1, 0.15) is 44.1 Å². The molecule has 0 aromatic heterocycles. The maximum atomic E-state index is 14.3. The quantitative estimate of drug-likeness (QED) is 0.833. The molecule has 5 heteroatoms. The van der Waals surface area contributed by atoms with Crippen LogP contribution in [0.25, 0.3) is 0 Å². The number of anilines is 1. The molecule has 124 valence electrons. The summed E-state index contributed by atoms with van der Waals surface area (Å²) < 4.78 is 28.5. The van der Waals surface area contributed by atoms with E-state index in [1.807, 2.05) is 4.90 Å². The van der Waals surface area contributed by atoms with E-state index >= 15 is 0 Å². The summed E-state index contributed by atoms with van der Waals surface area (Å²) >= 11 is 0. The van der Waals surface area contributed by atoms with Crippen LogP contribution >= 0.6 is 0 Å². The van der Waals surface area contributed by atoms with Crippen molar-refractivity contribution in [2.24, 2.45) is 0 Å². The lowest BCUT2D eigenvalue weighted by Gasteiger charge is -2.40. The third-order valence-corrected chi connectivity index (χ3v) is 5.02. The zero-order chi connectivity index (χ0) is 16.2. The first-order chi connectivity index (χ1) is 11.2. The highest BCUT2D eigenvalue weighted by Gasteiger charge is 2.28. The number of likely N-dealkylation sites (tertiary alicyclic amines) is 1. The summed E-state index contributed by atoms with van der Waals surface area (Å²) in [5.74, 6) is -1.25. The maximum absolute atomic E-state index is 14.3. The lowest BCUT2D eigenvalue weighted by atomic mass is 10.0. The van der Waals surface area contributed by atoms with Crippen LogP contribution in [0.4, 0.5) is 14.5 Å². The Hall–Kier alpha value is -1.67. The zero-order valence-electron chi connectivity index (χ0n) is 13.4. The molecule has 0 radical (unpaired) electrons. The SMILES string of the molecule is N#Cc1cc(F)c(N2CCCC(N3CCCCCC3)C2)c(F)c1. The molecule has 0 N–H and O–H groups in total. The van der Waals surface area contributed by atoms with Gasteiger partial charge in [-0.3, -0.25) is 4.90 Å². The Labute approximate surface area is 136 Å². The second kappa shape index (κ2) is 7.27. The highest BCUT2D eigenvalue weighted by Crippen LogP contribution is 2.29. The summed E-state index contributed by atoms with van der Waals surface area (Å²) in [5.41, 5.74) is 0.0633. The standard InChI is InChI=1S/C18H23F2N3/c19-16-10-14(12-21)11-17(20)18(16)23-9-5-6-15(13-23)22-7-3-1-2-4-8-22/h10-11,15H,1-9,13H2. The number of benzene rings is 1. The molecule has 3 nitrogen and oxygen atoms in total. The molecule has 1 aromatic rings. The van der Waals surface area contributed by atoms with Crippen molar-refractivity contribution in [3.63, 3.8) is 0 Å². The Morgan fingerprint density at radius 3 is 2.22 bits per heavy atom. The monoisotopic (exact) mass is 319 g/mol. The van der Waals surface area contributed by atoms with Gasteiger partial charge in [-0.2, -0.15) is 5.26 Å². The Kier molecular flexibility index (Phi) is 5.12. The van der Waals surface area contributed by atoms with Crippen molar-refractivity contribution in [2.45, 2.75) is 44.6 Å². The number of halogens is 2. The van der Waals surface area contributed by atoms with Crippen molar-refractivity contribution in [1.82, 2.24) is 4.90 Å². The molecule has 1 aromatic carbocycles. The number of piperidine rings is 1. The van der Waals surface area contributed by atoms with Crippen LogP contribution in [0.3, 0.4) is 0 Å². The average Bonchev–Trinajstić information content (AvgIpc) is 2.83. The molecular formula is C18H23F2N3. The van der Waals surface area contributed by atoms with Crippen molar-refractivity contribution in [1.29, 1.82) is 5.26 Å². The van der Waals surface area contributed by atoms with Crippen LogP contribution in [0, 0.1) is 23.0 Å². The van der Waals surface area contributed by atoms with Crippen molar-refractivity contribution in [2.75, 3.05) is 31.1 Å². The van der Waals surface area contributed by atoms with Crippen LogP contribution in [-0.4, -0.2) is 37.1 Å². The molecular weight excluding hydrogens is 296 g/mol.